The summed E-state index contributed by atoms with van der Waals surface area (Å²) in [5.74, 6) is -0.155. The molecular weight excluding hydrogens is 334 g/mol. The number of carbonyl (C=O) groups excluding carboxylic acids is 1. The molecule has 25 heavy (non-hydrogen) atoms. The minimum absolute atomic E-state index is 0.155. The van der Waals surface area contributed by atoms with Crippen LogP contribution in [0, 0.1) is 0 Å². The van der Waals surface area contributed by atoms with Crippen LogP contribution in [-0.4, -0.2) is 17.4 Å². The standard InChI is InChI=1S/C20H18ClN3O/c21-16-9-13-5-2-7-23-19(13)18(10-16)20(25)24-12-15-4-1-3-14-11-22-8-6-17(14)15/h1-5,7,9-10,22H,6,8,11-12H2,(H,24,25). The molecule has 1 aliphatic rings. The first-order valence-corrected chi connectivity index (χ1v) is 8.73. The van der Waals surface area contributed by atoms with Gasteiger partial charge in [-0.25, -0.2) is 0 Å². The van der Waals surface area contributed by atoms with Gasteiger partial charge in [0.2, 0.25) is 0 Å². The lowest BCUT2D eigenvalue weighted by Crippen LogP contribution is -2.27. The fourth-order valence-corrected chi connectivity index (χ4v) is 3.60. The summed E-state index contributed by atoms with van der Waals surface area (Å²) in [6, 6.07) is 13.5. The Morgan fingerprint density at radius 3 is 3.08 bits per heavy atom. The van der Waals surface area contributed by atoms with Crippen molar-refractivity contribution < 1.29 is 4.79 Å². The number of nitrogens with zero attached hydrogens (tertiary/aromatic N) is 1. The van der Waals surface area contributed by atoms with Gasteiger partial charge >= 0.3 is 0 Å². The van der Waals surface area contributed by atoms with Crippen LogP contribution >= 0.6 is 11.6 Å². The van der Waals surface area contributed by atoms with Crippen molar-refractivity contribution >= 4 is 28.4 Å². The van der Waals surface area contributed by atoms with Crippen molar-refractivity contribution in [3.63, 3.8) is 0 Å². The number of carbonyl (C=O) groups is 1. The van der Waals surface area contributed by atoms with Crippen LogP contribution in [-0.2, 0) is 19.5 Å². The highest BCUT2D eigenvalue weighted by Crippen LogP contribution is 2.23. The highest BCUT2D eigenvalue weighted by atomic mass is 35.5. The second-order valence-electron chi connectivity index (χ2n) is 6.19. The fourth-order valence-electron chi connectivity index (χ4n) is 3.38. The van der Waals surface area contributed by atoms with E-state index < -0.39 is 0 Å². The van der Waals surface area contributed by atoms with Gasteiger partial charge in [-0.15, -0.1) is 0 Å². The highest BCUT2D eigenvalue weighted by molar-refractivity contribution is 6.32. The number of nitrogens with one attached hydrogen (secondary N) is 2. The zero-order valence-corrected chi connectivity index (χ0v) is 14.4. The van der Waals surface area contributed by atoms with Crippen LogP contribution in [0.25, 0.3) is 10.9 Å². The number of benzene rings is 2. The molecule has 3 aromatic rings. The molecule has 2 N–H and O–H groups in total. The maximum Gasteiger partial charge on any atom is 0.253 e. The van der Waals surface area contributed by atoms with E-state index in [-0.39, 0.29) is 5.91 Å². The molecule has 0 saturated heterocycles. The van der Waals surface area contributed by atoms with Gasteiger partial charge in [-0.05, 0) is 47.9 Å². The number of fused-ring (bicyclic) bond motifs is 2. The molecule has 5 heteroatoms. The normalized spacial score (nSPS) is 13.5. The lowest BCUT2D eigenvalue weighted by Gasteiger charge is -2.20. The first kappa shape index (κ1) is 16.1. The molecule has 1 aliphatic heterocycles. The molecule has 0 spiro atoms. The predicted molar refractivity (Wildman–Crippen MR) is 99.8 cm³/mol. The van der Waals surface area contributed by atoms with Crippen LogP contribution in [0.15, 0.2) is 48.7 Å². The Hall–Kier alpha value is -2.43. The van der Waals surface area contributed by atoms with Gasteiger partial charge < -0.3 is 10.6 Å². The zero-order valence-electron chi connectivity index (χ0n) is 13.7. The third-order valence-corrected chi connectivity index (χ3v) is 4.81. The second-order valence-corrected chi connectivity index (χ2v) is 6.63. The van der Waals surface area contributed by atoms with Gasteiger partial charge in [-0.1, -0.05) is 35.9 Å². The minimum Gasteiger partial charge on any atom is -0.348 e. The van der Waals surface area contributed by atoms with Crippen molar-refractivity contribution in [2.45, 2.75) is 19.5 Å². The van der Waals surface area contributed by atoms with Crippen LogP contribution in [0.1, 0.15) is 27.0 Å². The average Bonchev–Trinajstić information content (AvgIpc) is 2.65. The van der Waals surface area contributed by atoms with Crippen LogP contribution in [0.3, 0.4) is 0 Å². The van der Waals surface area contributed by atoms with Crippen molar-refractivity contribution in [1.29, 1.82) is 0 Å². The van der Waals surface area contributed by atoms with E-state index in [1.807, 2.05) is 24.3 Å². The molecule has 1 aromatic heterocycles. The van der Waals surface area contributed by atoms with Crippen molar-refractivity contribution in [2.75, 3.05) is 6.54 Å². The quantitative estimate of drug-likeness (QED) is 0.759. The number of hydrogen-bond donors (Lipinski definition) is 2. The van der Waals surface area contributed by atoms with Crippen molar-refractivity contribution in [2.24, 2.45) is 0 Å². The average molecular weight is 352 g/mol. The summed E-state index contributed by atoms with van der Waals surface area (Å²) in [4.78, 5) is 17.1. The third kappa shape index (κ3) is 3.23. The van der Waals surface area contributed by atoms with Crippen molar-refractivity contribution in [3.8, 4) is 0 Å². The molecule has 4 nitrogen and oxygen atoms in total. The third-order valence-electron chi connectivity index (χ3n) is 4.59. The Labute approximate surface area is 151 Å². The molecule has 0 atom stereocenters. The summed E-state index contributed by atoms with van der Waals surface area (Å²) < 4.78 is 0. The Morgan fingerprint density at radius 2 is 2.16 bits per heavy atom. The van der Waals surface area contributed by atoms with E-state index in [4.69, 9.17) is 11.6 Å². The first-order chi connectivity index (χ1) is 12.2. The maximum atomic E-state index is 12.7. The summed E-state index contributed by atoms with van der Waals surface area (Å²) in [5, 5.41) is 7.80. The maximum absolute atomic E-state index is 12.7. The van der Waals surface area contributed by atoms with Gasteiger partial charge in [0, 0.05) is 29.7 Å². The van der Waals surface area contributed by atoms with Gasteiger partial charge in [-0.3, -0.25) is 9.78 Å². The van der Waals surface area contributed by atoms with Gasteiger partial charge in [0.05, 0.1) is 11.1 Å². The van der Waals surface area contributed by atoms with Crippen molar-refractivity contribution in [1.82, 2.24) is 15.6 Å². The van der Waals surface area contributed by atoms with E-state index >= 15 is 0 Å². The van der Waals surface area contributed by atoms with E-state index in [1.54, 1.807) is 12.3 Å². The van der Waals surface area contributed by atoms with Crippen LogP contribution < -0.4 is 10.6 Å². The van der Waals surface area contributed by atoms with Crippen LogP contribution in [0.4, 0.5) is 0 Å². The summed E-state index contributed by atoms with van der Waals surface area (Å²) >= 11 is 6.17. The Morgan fingerprint density at radius 1 is 1.24 bits per heavy atom. The monoisotopic (exact) mass is 351 g/mol. The summed E-state index contributed by atoms with van der Waals surface area (Å²) in [6.45, 7) is 2.36. The van der Waals surface area contributed by atoms with Gasteiger partial charge in [0.15, 0.2) is 0 Å². The molecule has 0 fully saturated rings. The van der Waals surface area contributed by atoms with E-state index in [9.17, 15) is 4.79 Å². The Kier molecular flexibility index (Phi) is 4.38. The van der Waals surface area contributed by atoms with Gasteiger partial charge in [0.1, 0.15) is 0 Å². The molecule has 0 saturated carbocycles. The number of amides is 1. The smallest absolute Gasteiger partial charge is 0.253 e. The molecule has 126 valence electrons. The SMILES string of the molecule is O=C(NCc1cccc2c1CCNC2)c1cc(Cl)cc2cccnc12. The molecule has 0 unspecified atom stereocenters. The number of rotatable bonds is 3. The zero-order chi connectivity index (χ0) is 17.2. The van der Waals surface area contributed by atoms with Crippen LogP contribution in [0.5, 0.6) is 0 Å². The topological polar surface area (TPSA) is 54.0 Å². The predicted octanol–water partition coefficient (Wildman–Crippen LogP) is 3.46. The van der Waals surface area contributed by atoms with E-state index in [0.717, 1.165) is 24.9 Å². The largest absolute Gasteiger partial charge is 0.348 e. The van der Waals surface area contributed by atoms with Crippen molar-refractivity contribution in [3.05, 3.63) is 75.9 Å². The molecule has 1 amide bonds. The number of halogens is 1. The molecule has 0 radical (unpaired) electrons. The van der Waals surface area contributed by atoms with E-state index in [2.05, 4.69) is 27.8 Å². The van der Waals surface area contributed by atoms with E-state index in [0.29, 0.717) is 22.6 Å². The molecule has 2 aromatic carbocycles. The molecule has 0 aliphatic carbocycles. The van der Waals surface area contributed by atoms with Gasteiger partial charge in [0.25, 0.3) is 5.91 Å². The molecule has 0 bridgehead atoms. The fraction of sp³-hybridized carbons (Fsp3) is 0.200. The van der Waals surface area contributed by atoms with E-state index in [1.165, 1.54) is 16.7 Å². The lowest BCUT2D eigenvalue weighted by molar-refractivity contribution is 0.0952. The minimum atomic E-state index is -0.155. The summed E-state index contributed by atoms with van der Waals surface area (Å²) in [6.07, 6.45) is 2.68. The second kappa shape index (κ2) is 6.82. The Balaban J connectivity index is 1.60. The number of aromatic nitrogens is 1. The number of hydrogen-bond acceptors (Lipinski definition) is 3. The lowest BCUT2D eigenvalue weighted by atomic mass is 9.95. The molecular formula is C20H18ClN3O. The number of pyridine rings is 1. The highest BCUT2D eigenvalue weighted by Gasteiger charge is 2.15. The van der Waals surface area contributed by atoms with Gasteiger partial charge in [-0.2, -0.15) is 0 Å². The summed E-state index contributed by atoms with van der Waals surface area (Å²) in [5.41, 5.74) is 5.01. The first-order valence-electron chi connectivity index (χ1n) is 8.35. The Bertz CT molecular complexity index is 955. The summed E-state index contributed by atoms with van der Waals surface area (Å²) in [7, 11) is 0. The molecule has 2 heterocycles. The molecule has 4 rings (SSSR count). The van der Waals surface area contributed by atoms with Crippen LogP contribution in [0.2, 0.25) is 5.02 Å².